The van der Waals surface area contributed by atoms with Crippen molar-refractivity contribution in [2.45, 2.75) is 26.4 Å². The summed E-state index contributed by atoms with van der Waals surface area (Å²) in [4.78, 5) is 39.2. The van der Waals surface area contributed by atoms with Crippen LogP contribution in [0.1, 0.15) is 38.9 Å². The smallest absolute Gasteiger partial charge is 0.341 e. The van der Waals surface area contributed by atoms with E-state index in [1.807, 2.05) is 25.1 Å². The molecule has 1 heterocycles. The molecule has 1 unspecified atom stereocenters. The minimum absolute atomic E-state index is 0.181. The molecule has 0 bridgehead atoms. The van der Waals surface area contributed by atoms with Gasteiger partial charge in [0, 0.05) is 14.1 Å². The van der Waals surface area contributed by atoms with Crippen LogP contribution in [-0.4, -0.2) is 50.0 Å². The van der Waals surface area contributed by atoms with Crippen molar-refractivity contribution in [2.75, 3.05) is 26.5 Å². The Morgan fingerprint density at radius 3 is 2.36 bits per heavy atom. The highest BCUT2D eigenvalue weighted by molar-refractivity contribution is 7.18. The van der Waals surface area contributed by atoms with E-state index < -0.39 is 18.0 Å². The first kappa shape index (κ1) is 21.4. The molecule has 7 nitrogen and oxygen atoms in total. The zero-order valence-corrected chi connectivity index (χ0v) is 17.4. The number of amides is 2. The number of anilines is 1. The van der Waals surface area contributed by atoms with Crippen molar-refractivity contribution in [3.05, 3.63) is 46.3 Å². The van der Waals surface area contributed by atoms with Crippen molar-refractivity contribution in [1.82, 2.24) is 4.90 Å². The minimum Gasteiger partial charge on any atom is -0.481 e. The Hall–Kier alpha value is -2.87. The van der Waals surface area contributed by atoms with E-state index in [1.54, 1.807) is 33.2 Å². The van der Waals surface area contributed by atoms with Crippen LogP contribution < -0.4 is 10.1 Å². The minimum atomic E-state index is -0.747. The highest BCUT2D eigenvalue weighted by Crippen LogP contribution is 2.34. The van der Waals surface area contributed by atoms with Crippen LogP contribution >= 0.6 is 11.3 Å². The maximum Gasteiger partial charge on any atom is 0.341 e. The Labute approximate surface area is 168 Å². The molecule has 1 atom stereocenters. The second-order valence-electron chi connectivity index (χ2n) is 6.27. The molecule has 28 heavy (non-hydrogen) atoms. The number of nitrogens with one attached hydrogen (secondary N) is 1. The third kappa shape index (κ3) is 4.69. The number of methoxy groups -OCH3 is 1. The fourth-order valence-electron chi connectivity index (χ4n) is 2.53. The van der Waals surface area contributed by atoms with Gasteiger partial charge in [-0.25, -0.2) is 4.79 Å². The lowest BCUT2D eigenvalue weighted by molar-refractivity contribution is -0.122. The number of carbonyl (C=O) groups is 3. The predicted molar refractivity (Wildman–Crippen MR) is 108 cm³/mol. The first-order chi connectivity index (χ1) is 13.3. The van der Waals surface area contributed by atoms with Gasteiger partial charge in [-0.2, -0.15) is 0 Å². The summed E-state index contributed by atoms with van der Waals surface area (Å²) >= 11 is 1.05. The molecule has 2 aromatic rings. The molecule has 1 N–H and O–H groups in total. The van der Waals surface area contributed by atoms with Crippen molar-refractivity contribution in [3.63, 3.8) is 0 Å². The molecule has 150 valence electrons. The van der Waals surface area contributed by atoms with Gasteiger partial charge in [0.2, 0.25) is 0 Å². The van der Waals surface area contributed by atoms with E-state index in [-0.39, 0.29) is 16.5 Å². The lowest BCUT2D eigenvalue weighted by Crippen LogP contribution is -2.32. The number of ether oxygens (including phenoxy) is 2. The first-order valence-corrected chi connectivity index (χ1v) is 9.57. The number of para-hydroxylation sites is 1. The fraction of sp³-hybridized carbons (Fsp3) is 0.350. The summed E-state index contributed by atoms with van der Waals surface area (Å²) in [6.45, 7) is 3.49. The number of hydrogen-bond acceptors (Lipinski definition) is 6. The molecule has 0 aliphatic heterocycles. The van der Waals surface area contributed by atoms with Gasteiger partial charge in [0.1, 0.15) is 10.8 Å². The molecule has 0 spiro atoms. The number of thiophene rings is 1. The van der Waals surface area contributed by atoms with E-state index in [4.69, 9.17) is 9.47 Å². The fourth-order valence-corrected chi connectivity index (χ4v) is 3.75. The van der Waals surface area contributed by atoms with Crippen LogP contribution in [0.25, 0.3) is 0 Å². The Balaban J connectivity index is 2.32. The molecule has 8 heteroatoms. The average Bonchev–Trinajstić information content (AvgIpc) is 3.01. The molecule has 0 radical (unpaired) electrons. The van der Waals surface area contributed by atoms with Gasteiger partial charge in [-0.15, -0.1) is 11.3 Å². The SMILES string of the molecule is CCC(Oc1ccccc1)C(=O)Nc1sc(C(=O)N(C)C)c(C)c1C(=O)OC. The van der Waals surface area contributed by atoms with Crippen LogP contribution in [0.2, 0.25) is 0 Å². The van der Waals surface area contributed by atoms with Crippen molar-refractivity contribution in [3.8, 4) is 5.75 Å². The van der Waals surface area contributed by atoms with Gasteiger partial charge in [-0.05, 0) is 31.0 Å². The number of rotatable bonds is 7. The number of carbonyl (C=O) groups excluding carboxylic acids is 3. The molecule has 0 saturated heterocycles. The zero-order chi connectivity index (χ0) is 20.8. The Morgan fingerprint density at radius 1 is 1.18 bits per heavy atom. The number of hydrogen-bond donors (Lipinski definition) is 1. The summed E-state index contributed by atoms with van der Waals surface area (Å²) in [7, 11) is 4.50. The quantitative estimate of drug-likeness (QED) is 0.716. The summed E-state index contributed by atoms with van der Waals surface area (Å²) in [5.41, 5.74) is 0.656. The van der Waals surface area contributed by atoms with Gasteiger partial charge in [-0.3, -0.25) is 9.59 Å². The average molecular weight is 404 g/mol. The maximum atomic E-state index is 12.8. The van der Waals surface area contributed by atoms with Crippen molar-refractivity contribution in [1.29, 1.82) is 0 Å². The normalized spacial score (nSPS) is 11.5. The van der Waals surface area contributed by atoms with Crippen LogP contribution in [-0.2, 0) is 9.53 Å². The van der Waals surface area contributed by atoms with Gasteiger partial charge < -0.3 is 19.7 Å². The van der Waals surface area contributed by atoms with E-state index >= 15 is 0 Å². The number of benzene rings is 1. The summed E-state index contributed by atoms with van der Waals surface area (Å²) in [6.07, 6.45) is -0.314. The molecular formula is C20H24N2O5S. The van der Waals surface area contributed by atoms with E-state index in [1.165, 1.54) is 12.0 Å². The molecule has 1 aromatic heterocycles. The van der Waals surface area contributed by atoms with Crippen molar-refractivity contribution in [2.24, 2.45) is 0 Å². The first-order valence-electron chi connectivity index (χ1n) is 8.76. The van der Waals surface area contributed by atoms with E-state index in [0.717, 1.165) is 11.3 Å². The third-order valence-corrected chi connectivity index (χ3v) is 5.25. The van der Waals surface area contributed by atoms with Gasteiger partial charge in [0.05, 0.1) is 17.6 Å². The monoisotopic (exact) mass is 404 g/mol. The van der Waals surface area contributed by atoms with Crippen molar-refractivity contribution >= 4 is 34.1 Å². The zero-order valence-electron chi connectivity index (χ0n) is 16.6. The topological polar surface area (TPSA) is 84.9 Å². The van der Waals surface area contributed by atoms with Crippen LogP contribution in [0.4, 0.5) is 5.00 Å². The molecule has 0 aliphatic carbocycles. The Bertz CT molecular complexity index is 861. The summed E-state index contributed by atoms with van der Waals surface area (Å²) in [5.74, 6) is -0.690. The van der Waals surface area contributed by atoms with Crippen LogP contribution in [0.15, 0.2) is 30.3 Å². The van der Waals surface area contributed by atoms with Gasteiger partial charge in [0.25, 0.3) is 11.8 Å². The standard InChI is InChI=1S/C20H24N2O5S/c1-6-14(27-13-10-8-7-9-11-13)17(23)21-18-15(20(25)26-5)12(2)16(28-18)19(24)22(3)4/h7-11,14H,6H2,1-5H3,(H,21,23). The second-order valence-corrected chi connectivity index (χ2v) is 7.29. The largest absolute Gasteiger partial charge is 0.481 e. The Kier molecular flexibility index (Phi) is 7.17. The lowest BCUT2D eigenvalue weighted by atomic mass is 10.1. The predicted octanol–water partition coefficient (Wildman–Crippen LogP) is 3.34. The second kappa shape index (κ2) is 9.36. The van der Waals surface area contributed by atoms with Crippen LogP contribution in [0.3, 0.4) is 0 Å². The highest BCUT2D eigenvalue weighted by atomic mass is 32.1. The lowest BCUT2D eigenvalue weighted by Gasteiger charge is -2.17. The maximum absolute atomic E-state index is 12.8. The van der Waals surface area contributed by atoms with Gasteiger partial charge in [-0.1, -0.05) is 25.1 Å². The molecule has 0 saturated carbocycles. The van der Waals surface area contributed by atoms with Crippen molar-refractivity contribution < 1.29 is 23.9 Å². The summed E-state index contributed by atoms with van der Waals surface area (Å²) in [5, 5.41) is 3.01. The summed E-state index contributed by atoms with van der Waals surface area (Å²) < 4.78 is 10.6. The Morgan fingerprint density at radius 2 is 1.82 bits per heavy atom. The molecule has 0 aliphatic rings. The number of esters is 1. The molecule has 1 aromatic carbocycles. The van der Waals surface area contributed by atoms with E-state index in [0.29, 0.717) is 22.6 Å². The van der Waals surface area contributed by atoms with E-state index in [2.05, 4.69) is 5.32 Å². The third-order valence-electron chi connectivity index (χ3n) is 4.06. The number of nitrogens with zero attached hydrogens (tertiary/aromatic N) is 1. The molecule has 2 amide bonds. The van der Waals surface area contributed by atoms with Crippen LogP contribution in [0.5, 0.6) is 5.75 Å². The highest BCUT2D eigenvalue weighted by Gasteiger charge is 2.28. The molecular weight excluding hydrogens is 380 g/mol. The molecule has 2 rings (SSSR count). The van der Waals surface area contributed by atoms with Crippen LogP contribution in [0, 0.1) is 6.92 Å². The van der Waals surface area contributed by atoms with Gasteiger partial charge >= 0.3 is 5.97 Å². The van der Waals surface area contributed by atoms with E-state index in [9.17, 15) is 14.4 Å². The summed E-state index contributed by atoms with van der Waals surface area (Å²) in [6, 6.07) is 9.01. The van der Waals surface area contributed by atoms with Gasteiger partial charge in [0.15, 0.2) is 6.10 Å². The molecule has 0 fully saturated rings.